The fraction of sp³-hybridized carbons (Fsp3) is 0.929. The molecule has 2 amide bonds. The second-order valence-electron chi connectivity index (χ2n) is 5.42. The van der Waals surface area contributed by atoms with E-state index >= 15 is 0 Å². The maximum atomic E-state index is 11.7. The first-order valence-electron chi connectivity index (χ1n) is 7.37. The molecule has 0 saturated heterocycles. The van der Waals surface area contributed by atoms with E-state index < -0.39 is 6.10 Å². The van der Waals surface area contributed by atoms with Crippen LogP contribution in [0.25, 0.3) is 0 Å². The topological polar surface area (TPSA) is 70.6 Å². The van der Waals surface area contributed by atoms with E-state index in [0.29, 0.717) is 25.6 Å². The van der Waals surface area contributed by atoms with E-state index in [0.717, 1.165) is 18.8 Å². The molecule has 1 atom stereocenters. The standard InChI is InChI=1S/C14H28N2O3/c1-3-11-4-6-12(7-5-11)16-14(18)15-9-8-13(17)10-19-2/h11-13,17H,3-10H2,1-2H3,(H2,15,16,18). The van der Waals surface area contributed by atoms with E-state index in [4.69, 9.17) is 4.74 Å². The monoisotopic (exact) mass is 272 g/mol. The Morgan fingerprint density at radius 2 is 2.05 bits per heavy atom. The molecule has 112 valence electrons. The summed E-state index contributed by atoms with van der Waals surface area (Å²) in [5, 5.41) is 15.2. The van der Waals surface area contributed by atoms with E-state index in [1.807, 2.05) is 0 Å². The predicted octanol–water partition coefficient (Wildman–Crippen LogP) is 1.65. The molecule has 1 saturated carbocycles. The van der Waals surface area contributed by atoms with Gasteiger partial charge in [0.05, 0.1) is 12.7 Å². The molecule has 5 heteroatoms. The van der Waals surface area contributed by atoms with Crippen LogP contribution in [0.4, 0.5) is 4.79 Å². The van der Waals surface area contributed by atoms with Gasteiger partial charge in [0.2, 0.25) is 0 Å². The highest BCUT2D eigenvalue weighted by Gasteiger charge is 2.21. The minimum Gasteiger partial charge on any atom is -0.391 e. The summed E-state index contributed by atoms with van der Waals surface area (Å²) in [6.45, 7) is 3.02. The van der Waals surface area contributed by atoms with Crippen molar-refractivity contribution in [1.29, 1.82) is 0 Å². The van der Waals surface area contributed by atoms with E-state index in [-0.39, 0.29) is 6.03 Å². The van der Waals surface area contributed by atoms with E-state index in [1.54, 1.807) is 7.11 Å². The number of ether oxygens (including phenoxy) is 1. The first-order valence-corrected chi connectivity index (χ1v) is 7.37. The zero-order valence-electron chi connectivity index (χ0n) is 12.2. The largest absolute Gasteiger partial charge is 0.391 e. The van der Waals surface area contributed by atoms with Crippen molar-refractivity contribution in [3.05, 3.63) is 0 Å². The molecule has 0 aromatic carbocycles. The second-order valence-corrected chi connectivity index (χ2v) is 5.42. The molecule has 0 spiro atoms. The van der Waals surface area contributed by atoms with Crippen LogP contribution in [0.1, 0.15) is 45.4 Å². The minimum atomic E-state index is -0.509. The molecule has 0 heterocycles. The molecule has 1 aliphatic rings. The normalized spacial score (nSPS) is 24.8. The third kappa shape index (κ3) is 6.78. The first kappa shape index (κ1) is 16.2. The van der Waals surface area contributed by atoms with Gasteiger partial charge in [-0.05, 0) is 38.0 Å². The number of rotatable bonds is 7. The average Bonchev–Trinajstić information content (AvgIpc) is 2.40. The Morgan fingerprint density at radius 1 is 1.37 bits per heavy atom. The highest BCUT2D eigenvalue weighted by molar-refractivity contribution is 5.74. The van der Waals surface area contributed by atoms with Crippen LogP contribution in [0.2, 0.25) is 0 Å². The fourth-order valence-electron chi connectivity index (χ4n) is 2.58. The first-order chi connectivity index (χ1) is 9.15. The highest BCUT2D eigenvalue weighted by atomic mass is 16.5. The van der Waals surface area contributed by atoms with Crippen LogP contribution in [-0.2, 0) is 4.74 Å². The number of carbonyl (C=O) groups is 1. The van der Waals surface area contributed by atoms with E-state index in [9.17, 15) is 9.90 Å². The molecule has 0 aromatic rings. The fourth-order valence-corrected chi connectivity index (χ4v) is 2.58. The van der Waals surface area contributed by atoms with Gasteiger partial charge in [-0.3, -0.25) is 0 Å². The molecule has 1 aliphatic carbocycles. The SMILES string of the molecule is CCC1CCC(NC(=O)NCCC(O)COC)CC1. The summed E-state index contributed by atoms with van der Waals surface area (Å²) in [7, 11) is 1.55. The molecule has 0 bridgehead atoms. The van der Waals surface area contributed by atoms with Crippen molar-refractivity contribution < 1.29 is 14.6 Å². The Kier molecular flexibility index (Phi) is 7.82. The van der Waals surface area contributed by atoms with Gasteiger partial charge in [-0.15, -0.1) is 0 Å². The average molecular weight is 272 g/mol. The number of aliphatic hydroxyl groups excluding tert-OH is 1. The van der Waals surface area contributed by atoms with Crippen molar-refractivity contribution in [3.8, 4) is 0 Å². The molecule has 19 heavy (non-hydrogen) atoms. The van der Waals surface area contributed by atoms with Crippen LogP contribution in [0.3, 0.4) is 0 Å². The number of hydrogen-bond donors (Lipinski definition) is 3. The van der Waals surface area contributed by atoms with Gasteiger partial charge < -0.3 is 20.5 Å². The Balaban J connectivity index is 2.08. The maximum Gasteiger partial charge on any atom is 0.315 e. The van der Waals surface area contributed by atoms with Crippen LogP contribution in [-0.4, -0.2) is 43.5 Å². The van der Waals surface area contributed by atoms with Crippen molar-refractivity contribution in [2.45, 2.75) is 57.6 Å². The molecule has 0 aromatic heterocycles. The van der Waals surface area contributed by atoms with Crippen LogP contribution < -0.4 is 10.6 Å². The molecule has 0 radical (unpaired) electrons. The number of methoxy groups -OCH3 is 1. The van der Waals surface area contributed by atoms with Gasteiger partial charge in [0.1, 0.15) is 0 Å². The molecule has 0 aliphatic heterocycles. The Labute approximate surface area is 116 Å². The number of urea groups is 1. The summed E-state index contributed by atoms with van der Waals surface area (Å²) >= 11 is 0. The predicted molar refractivity (Wildman–Crippen MR) is 75.1 cm³/mol. The van der Waals surface area contributed by atoms with Crippen LogP contribution >= 0.6 is 0 Å². The lowest BCUT2D eigenvalue weighted by molar-refractivity contribution is 0.0598. The summed E-state index contributed by atoms with van der Waals surface area (Å²) in [6, 6.07) is 0.191. The number of carbonyl (C=O) groups excluding carboxylic acids is 1. The number of hydrogen-bond acceptors (Lipinski definition) is 3. The van der Waals surface area contributed by atoms with Crippen LogP contribution in [0, 0.1) is 5.92 Å². The zero-order chi connectivity index (χ0) is 14.1. The quantitative estimate of drug-likeness (QED) is 0.660. The Hall–Kier alpha value is -0.810. The van der Waals surface area contributed by atoms with Gasteiger partial charge in [0.25, 0.3) is 0 Å². The summed E-state index contributed by atoms with van der Waals surface area (Å²) in [5.74, 6) is 0.838. The lowest BCUT2D eigenvalue weighted by Crippen LogP contribution is -2.44. The third-order valence-corrected chi connectivity index (χ3v) is 3.88. The van der Waals surface area contributed by atoms with Gasteiger partial charge >= 0.3 is 6.03 Å². The number of aliphatic hydroxyl groups is 1. The van der Waals surface area contributed by atoms with Crippen molar-refractivity contribution in [3.63, 3.8) is 0 Å². The van der Waals surface area contributed by atoms with Gasteiger partial charge in [0, 0.05) is 19.7 Å². The van der Waals surface area contributed by atoms with Crippen molar-refractivity contribution in [2.24, 2.45) is 5.92 Å². The molecule has 3 N–H and O–H groups in total. The third-order valence-electron chi connectivity index (χ3n) is 3.88. The molecule has 1 rings (SSSR count). The zero-order valence-corrected chi connectivity index (χ0v) is 12.2. The second kappa shape index (κ2) is 9.15. The van der Waals surface area contributed by atoms with Gasteiger partial charge in [0.15, 0.2) is 0 Å². The molecule has 5 nitrogen and oxygen atoms in total. The van der Waals surface area contributed by atoms with Crippen molar-refractivity contribution in [2.75, 3.05) is 20.3 Å². The molecule has 1 fully saturated rings. The lowest BCUT2D eigenvalue weighted by atomic mass is 9.85. The summed E-state index contributed by atoms with van der Waals surface area (Å²) in [5.41, 5.74) is 0. The summed E-state index contributed by atoms with van der Waals surface area (Å²) in [4.78, 5) is 11.7. The molecular weight excluding hydrogens is 244 g/mol. The molecule has 1 unspecified atom stereocenters. The summed E-state index contributed by atoms with van der Waals surface area (Å²) in [6.07, 6.45) is 5.85. The smallest absolute Gasteiger partial charge is 0.315 e. The Morgan fingerprint density at radius 3 is 2.63 bits per heavy atom. The summed E-state index contributed by atoms with van der Waals surface area (Å²) < 4.78 is 4.82. The van der Waals surface area contributed by atoms with Gasteiger partial charge in [-0.25, -0.2) is 4.79 Å². The Bertz CT molecular complexity index is 253. The lowest BCUT2D eigenvalue weighted by Gasteiger charge is -2.28. The van der Waals surface area contributed by atoms with Gasteiger partial charge in [-0.1, -0.05) is 13.3 Å². The van der Waals surface area contributed by atoms with Gasteiger partial charge in [-0.2, -0.15) is 0 Å². The highest BCUT2D eigenvalue weighted by Crippen LogP contribution is 2.26. The number of amides is 2. The maximum absolute atomic E-state index is 11.7. The van der Waals surface area contributed by atoms with Crippen LogP contribution in [0.15, 0.2) is 0 Å². The number of nitrogens with one attached hydrogen (secondary N) is 2. The molecular formula is C14H28N2O3. The van der Waals surface area contributed by atoms with Crippen molar-refractivity contribution in [1.82, 2.24) is 10.6 Å². The van der Waals surface area contributed by atoms with Crippen LogP contribution in [0.5, 0.6) is 0 Å². The van der Waals surface area contributed by atoms with Crippen molar-refractivity contribution >= 4 is 6.03 Å². The minimum absolute atomic E-state index is 0.121. The van der Waals surface area contributed by atoms with E-state index in [1.165, 1.54) is 19.3 Å². The van der Waals surface area contributed by atoms with E-state index in [2.05, 4.69) is 17.6 Å².